The molecular weight excluding hydrogens is 331 g/mol. The lowest BCUT2D eigenvalue weighted by atomic mass is 10.0. The topological polar surface area (TPSA) is 0 Å². The van der Waals surface area contributed by atoms with Gasteiger partial charge in [-0.05, 0) is 49.5 Å². The van der Waals surface area contributed by atoms with Crippen molar-refractivity contribution in [1.82, 2.24) is 0 Å². The third-order valence-electron chi connectivity index (χ3n) is 5.65. The molecule has 2 atom stereocenters. The quantitative estimate of drug-likeness (QED) is 0.422. The fraction of sp³-hybridized carbons (Fsp3) is 0.280. The van der Waals surface area contributed by atoms with E-state index in [4.69, 9.17) is 0 Å². The molecule has 3 aromatic carbocycles. The summed E-state index contributed by atoms with van der Waals surface area (Å²) in [5.41, 5.74) is 8.74. The maximum atomic E-state index is 2.37. The zero-order chi connectivity index (χ0) is 17.9. The second-order valence-electron chi connectivity index (χ2n) is 7.59. The average molecular weight is 358 g/mol. The van der Waals surface area contributed by atoms with Crippen LogP contribution in [-0.4, -0.2) is 0 Å². The zero-order valence-corrected chi connectivity index (χ0v) is 16.6. The van der Waals surface area contributed by atoms with Gasteiger partial charge in [0.1, 0.15) is 0 Å². The molecule has 132 valence electrons. The third kappa shape index (κ3) is 3.76. The molecule has 26 heavy (non-hydrogen) atoms. The Labute approximate surface area is 159 Å². The number of hydrogen-bond acceptors (Lipinski definition) is 0. The summed E-state index contributed by atoms with van der Waals surface area (Å²) < 4.78 is 0. The minimum Gasteiger partial charge on any atom is -0.0868 e. The smallest absolute Gasteiger partial charge is 0.00506 e. The molecular formula is C25H27P. The molecule has 4 rings (SSSR count). The monoisotopic (exact) mass is 358 g/mol. The van der Waals surface area contributed by atoms with Gasteiger partial charge in [0.2, 0.25) is 0 Å². The van der Waals surface area contributed by atoms with E-state index >= 15 is 0 Å². The SMILES string of the molecule is Cc1ccc(C2CCC(c3ccc(C)cc3)P2Cc2ccccc2)cc1. The van der Waals surface area contributed by atoms with Gasteiger partial charge in [-0.25, -0.2) is 0 Å². The zero-order valence-electron chi connectivity index (χ0n) is 15.7. The average Bonchev–Trinajstić information content (AvgIpc) is 3.07. The van der Waals surface area contributed by atoms with Crippen molar-refractivity contribution in [2.24, 2.45) is 0 Å². The molecule has 2 unspecified atom stereocenters. The molecule has 1 fully saturated rings. The minimum atomic E-state index is -0.120. The predicted octanol–water partition coefficient (Wildman–Crippen LogP) is 7.56. The maximum absolute atomic E-state index is 2.37. The molecule has 0 aliphatic carbocycles. The Morgan fingerprint density at radius 3 is 1.58 bits per heavy atom. The van der Waals surface area contributed by atoms with Gasteiger partial charge in [-0.3, -0.25) is 0 Å². The third-order valence-corrected chi connectivity index (χ3v) is 9.09. The molecule has 1 heteroatoms. The van der Waals surface area contributed by atoms with Crippen LogP contribution in [0.25, 0.3) is 0 Å². The molecule has 0 saturated carbocycles. The van der Waals surface area contributed by atoms with Crippen molar-refractivity contribution in [2.75, 3.05) is 0 Å². The van der Waals surface area contributed by atoms with Gasteiger partial charge in [-0.2, -0.15) is 0 Å². The van der Waals surface area contributed by atoms with Crippen LogP contribution >= 0.6 is 7.92 Å². The second-order valence-corrected chi connectivity index (χ2v) is 10.2. The lowest BCUT2D eigenvalue weighted by Gasteiger charge is -2.27. The van der Waals surface area contributed by atoms with Crippen molar-refractivity contribution < 1.29 is 0 Å². The summed E-state index contributed by atoms with van der Waals surface area (Å²) in [7, 11) is -0.120. The molecule has 0 bridgehead atoms. The first-order valence-electron chi connectivity index (χ1n) is 9.63. The molecule has 0 nitrogen and oxygen atoms in total. The molecule has 1 heterocycles. The van der Waals surface area contributed by atoms with E-state index in [2.05, 4.69) is 92.7 Å². The van der Waals surface area contributed by atoms with Crippen LogP contribution in [0.2, 0.25) is 0 Å². The number of aryl methyl sites for hydroxylation is 2. The van der Waals surface area contributed by atoms with Gasteiger partial charge in [0.25, 0.3) is 0 Å². The van der Waals surface area contributed by atoms with E-state index in [1.54, 1.807) is 11.1 Å². The first-order valence-corrected chi connectivity index (χ1v) is 11.3. The van der Waals surface area contributed by atoms with E-state index in [0.717, 1.165) is 11.3 Å². The summed E-state index contributed by atoms with van der Waals surface area (Å²) in [6.07, 6.45) is 3.87. The van der Waals surface area contributed by atoms with Gasteiger partial charge in [0.05, 0.1) is 0 Å². The van der Waals surface area contributed by atoms with Crippen molar-refractivity contribution in [1.29, 1.82) is 0 Å². The Hall–Kier alpha value is -1.91. The van der Waals surface area contributed by atoms with Crippen molar-refractivity contribution >= 4 is 7.92 Å². The number of hydrogen-bond donors (Lipinski definition) is 0. The predicted molar refractivity (Wildman–Crippen MR) is 114 cm³/mol. The molecule has 1 saturated heterocycles. The van der Waals surface area contributed by atoms with E-state index in [1.165, 1.54) is 35.7 Å². The summed E-state index contributed by atoms with van der Waals surface area (Å²) in [5, 5.41) is 0. The van der Waals surface area contributed by atoms with Crippen LogP contribution in [0.3, 0.4) is 0 Å². The number of rotatable bonds is 4. The Bertz CT molecular complexity index is 780. The lowest BCUT2D eigenvalue weighted by Crippen LogP contribution is -1.98. The normalized spacial score (nSPS) is 22.5. The van der Waals surface area contributed by atoms with Gasteiger partial charge in [-0.15, -0.1) is 0 Å². The van der Waals surface area contributed by atoms with E-state index in [1.807, 2.05) is 0 Å². The Kier molecular flexibility index (Phi) is 5.23. The molecule has 3 aromatic rings. The largest absolute Gasteiger partial charge is 0.0868 e. The van der Waals surface area contributed by atoms with Crippen LogP contribution in [0.1, 0.15) is 52.0 Å². The molecule has 0 N–H and O–H groups in total. The van der Waals surface area contributed by atoms with Crippen LogP contribution in [-0.2, 0) is 6.16 Å². The van der Waals surface area contributed by atoms with Crippen molar-refractivity contribution in [3.05, 3.63) is 107 Å². The highest BCUT2D eigenvalue weighted by Gasteiger charge is 2.37. The Morgan fingerprint density at radius 2 is 1.12 bits per heavy atom. The maximum Gasteiger partial charge on any atom is 0.00506 e. The molecule has 0 spiro atoms. The van der Waals surface area contributed by atoms with Crippen molar-refractivity contribution in [3.63, 3.8) is 0 Å². The fourth-order valence-electron chi connectivity index (χ4n) is 4.17. The highest BCUT2D eigenvalue weighted by atomic mass is 31.1. The van der Waals surface area contributed by atoms with Gasteiger partial charge >= 0.3 is 0 Å². The molecule has 0 amide bonds. The number of benzene rings is 3. The molecule has 0 aromatic heterocycles. The van der Waals surface area contributed by atoms with Crippen LogP contribution in [0.4, 0.5) is 0 Å². The molecule has 0 radical (unpaired) electrons. The van der Waals surface area contributed by atoms with Gasteiger partial charge in [0.15, 0.2) is 0 Å². The van der Waals surface area contributed by atoms with Gasteiger partial charge < -0.3 is 0 Å². The highest BCUT2D eigenvalue weighted by Crippen LogP contribution is 2.71. The van der Waals surface area contributed by atoms with Crippen LogP contribution in [0, 0.1) is 13.8 Å². The minimum absolute atomic E-state index is 0.120. The fourth-order valence-corrected chi connectivity index (χ4v) is 7.75. The summed E-state index contributed by atoms with van der Waals surface area (Å²) in [6.45, 7) is 4.36. The summed E-state index contributed by atoms with van der Waals surface area (Å²) in [5.74, 6) is 0. The summed E-state index contributed by atoms with van der Waals surface area (Å²) in [6, 6.07) is 29.7. The van der Waals surface area contributed by atoms with Gasteiger partial charge in [-0.1, -0.05) is 97.9 Å². The standard InChI is InChI=1S/C25H27P/c1-19-8-12-22(13-9-19)24-16-17-25(23-14-10-20(2)11-15-23)26(24)18-21-6-4-3-5-7-21/h3-15,24-25H,16-18H2,1-2H3. The molecule has 1 aliphatic heterocycles. The summed E-state index contributed by atoms with van der Waals surface area (Å²) in [4.78, 5) is 0. The first-order chi connectivity index (χ1) is 12.7. The van der Waals surface area contributed by atoms with Crippen molar-refractivity contribution in [2.45, 2.75) is 44.2 Å². The van der Waals surface area contributed by atoms with E-state index in [9.17, 15) is 0 Å². The highest BCUT2D eigenvalue weighted by molar-refractivity contribution is 7.58. The summed E-state index contributed by atoms with van der Waals surface area (Å²) >= 11 is 0. The van der Waals surface area contributed by atoms with Gasteiger partial charge in [0, 0.05) is 11.3 Å². The first kappa shape index (κ1) is 17.5. The van der Waals surface area contributed by atoms with Crippen LogP contribution < -0.4 is 0 Å². The van der Waals surface area contributed by atoms with E-state index in [-0.39, 0.29) is 7.92 Å². The van der Waals surface area contributed by atoms with Crippen LogP contribution in [0.5, 0.6) is 0 Å². The van der Waals surface area contributed by atoms with E-state index in [0.29, 0.717) is 0 Å². The Balaban J connectivity index is 1.67. The van der Waals surface area contributed by atoms with E-state index < -0.39 is 0 Å². The lowest BCUT2D eigenvalue weighted by molar-refractivity contribution is 0.765. The van der Waals surface area contributed by atoms with Crippen LogP contribution in [0.15, 0.2) is 78.9 Å². The molecule has 1 aliphatic rings. The van der Waals surface area contributed by atoms with Crippen molar-refractivity contribution in [3.8, 4) is 0 Å². The second kappa shape index (κ2) is 7.77. The Morgan fingerprint density at radius 1 is 0.654 bits per heavy atom.